The van der Waals surface area contributed by atoms with Gasteiger partial charge in [-0.3, -0.25) is 0 Å². The van der Waals surface area contributed by atoms with Crippen LogP contribution >= 0.6 is 79.6 Å². The van der Waals surface area contributed by atoms with Crippen LogP contribution in [0, 0.1) is 0 Å². The van der Waals surface area contributed by atoms with E-state index in [2.05, 4.69) is 120 Å². The van der Waals surface area contributed by atoms with Gasteiger partial charge < -0.3 is 0 Å². The lowest BCUT2D eigenvalue weighted by Gasteiger charge is -2.28. The highest BCUT2D eigenvalue weighted by Gasteiger charge is 2.27. The summed E-state index contributed by atoms with van der Waals surface area (Å²) in [5.74, 6) is 0. The first-order valence-electron chi connectivity index (χ1n) is 7.00. The van der Waals surface area contributed by atoms with Crippen molar-refractivity contribution in [3.05, 3.63) is 33.9 Å². The second-order valence-corrected chi connectivity index (χ2v) is 12.2. The van der Waals surface area contributed by atoms with Crippen molar-refractivity contribution in [3.63, 3.8) is 0 Å². The molecule has 0 N–H and O–H groups in total. The van der Waals surface area contributed by atoms with E-state index in [9.17, 15) is 0 Å². The zero-order valence-electron chi connectivity index (χ0n) is 12.9. The summed E-state index contributed by atoms with van der Waals surface area (Å²) < 4.78 is 0. The Morgan fingerprint density at radius 1 is 0.524 bits per heavy atom. The molecule has 5 atom stereocenters. The molecule has 1 rings (SSSR count). The Hall–Kier alpha value is 1.62. The topological polar surface area (TPSA) is 0 Å². The monoisotopic (exact) mass is 608 g/mol. The molecule has 120 valence electrons. The number of hydrogen-bond acceptors (Lipinski definition) is 0. The van der Waals surface area contributed by atoms with Crippen molar-refractivity contribution < 1.29 is 0 Å². The van der Waals surface area contributed by atoms with Crippen LogP contribution in [-0.4, -0.2) is 0 Å². The Labute approximate surface area is 170 Å². The molecule has 0 spiro atoms. The Balaban J connectivity index is 3.89. The molecule has 0 heterocycles. The Kier molecular flexibility index (Phi) is 8.50. The highest BCUT2D eigenvalue weighted by atomic mass is 79.9. The molecule has 0 saturated carbocycles. The van der Waals surface area contributed by atoms with Crippen LogP contribution < -0.4 is 0 Å². The van der Waals surface area contributed by atoms with Crippen LogP contribution in [-0.2, 0) is 0 Å². The molecule has 21 heavy (non-hydrogen) atoms. The van der Waals surface area contributed by atoms with Gasteiger partial charge in [-0.25, -0.2) is 0 Å². The summed E-state index contributed by atoms with van der Waals surface area (Å²) in [7, 11) is 0. The van der Waals surface area contributed by atoms with Gasteiger partial charge in [0.1, 0.15) is 0 Å². The Morgan fingerprint density at radius 3 is 1.00 bits per heavy atom. The van der Waals surface area contributed by atoms with Crippen molar-refractivity contribution in [2.45, 2.75) is 58.8 Å². The predicted molar refractivity (Wildman–Crippen MR) is 113 cm³/mol. The highest BCUT2D eigenvalue weighted by molar-refractivity contribution is 9.10. The minimum absolute atomic E-state index is 0.304. The summed E-state index contributed by atoms with van der Waals surface area (Å²) in [6.07, 6.45) is 0. The smallest absolute Gasteiger partial charge is 0.0373 e. The minimum atomic E-state index is 0.304. The second-order valence-electron chi connectivity index (χ2n) is 5.38. The number of benzene rings is 1. The molecule has 5 unspecified atom stereocenters. The lowest BCUT2D eigenvalue weighted by atomic mass is 9.86. The van der Waals surface area contributed by atoms with Crippen molar-refractivity contribution in [3.8, 4) is 0 Å². The molecule has 0 nitrogen and oxygen atoms in total. The average Bonchev–Trinajstić information content (AvgIpc) is 2.34. The standard InChI is InChI=1S/C16H21Br5/c1-7(17)12-6-13(8(2)18)15(10(4)20)16(11(5)21)14(12)9(3)19/h6-11H,1-5H3. The summed E-state index contributed by atoms with van der Waals surface area (Å²) >= 11 is 18.9. The second kappa shape index (κ2) is 8.64. The first-order valence-corrected chi connectivity index (χ1v) is 11.6. The van der Waals surface area contributed by atoms with Crippen LogP contribution in [0.5, 0.6) is 0 Å². The summed E-state index contributed by atoms with van der Waals surface area (Å²) in [6, 6.07) is 2.35. The lowest BCUT2D eigenvalue weighted by Crippen LogP contribution is -2.11. The third kappa shape index (κ3) is 4.80. The summed E-state index contributed by atoms with van der Waals surface area (Å²) in [4.78, 5) is 1.57. The summed E-state index contributed by atoms with van der Waals surface area (Å²) in [6.45, 7) is 11.0. The van der Waals surface area contributed by atoms with Crippen molar-refractivity contribution in [2.75, 3.05) is 0 Å². The molecule has 0 saturated heterocycles. The minimum Gasteiger partial charge on any atom is -0.0842 e. The molecule has 5 heteroatoms. The molecule has 0 bridgehead atoms. The maximum absolute atomic E-state index is 3.82. The van der Waals surface area contributed by atoms with Gasteiger partial charge in [0.05, 0.1) is 0 Å². The summed E-state index contributed by atoms with van der Waals surface area (Å²) in [5, 5.41) is 0. The van der Waals surface area contributed by atoms with Crippen LogP contribution in [0.25, 0.3) is 0 Å². The van der Waals surface area contributed by atoms with E-state index in [0.717, 1.165) is 0 Å². The fraction of sp³-hybridized carbons (Fsp3) is 0.625. The van der Waals surface area contributed by atoms with Gasteiger partial charge in [-0.15, -0.1) is 0 Å². The largest absolute Gasteiger partial charge is 0.0842 e. The van der Waals surface area contributed by atoms with Crippen LogP contribution in [0.1, 0.15) is 86.6 Å². The zero-order valence-corrected chi connectivity index (χ0v) is 20.8. The summed E-state index contributed by atoms with van der Waals surface area (Å²) in [5.41, 5.74) is 6.90. The van der Waals surface area contributed by atoms with Crippen molar-refractivity contribution >= 4 is 79.6 Å². The fourth-order valence-electron chi connectivity index (χ4n) is 2.75. The first kappa shape index (κ1) is 20.7. The van der Waals surface area contributed by atoms with Gasteiger partial charge in [0.25, 0.3) is 0 Å². The maximum Gasteiger partial charge on any atom is 0.0373 e. The number of halogens is 5. The van der Waals surface area contributed by atoms with E-state index in [1.807, 2.05) is 0 Å². The normalized spacial score (nSPS) is 19.0. The maximum atomic E-state index is 3.82. The van der Waals surface area contributed by atoms with E-state index in [-0.39, 0.29) is 0 Å². The van der Waals surface area contributed by atoms with Gasteiger partial charge in [-0.1, -0.05) is 85.7 Å². The van der Waals surface area contributed by atoms with Gasteiger partial charge in [-0.2, -0.15) is 0 Å². The van der Waals surface area contributed by atoms with Crippen LogP contribution in [0.15, 0.2) is 6.07 Å². The number of alkyl halides is 5. The third-order valence-electron chi connectivity index (χ3n) is 3.56. The SMILES string of the molecule is CC(Br)c1cc(C(C)Br)c(C(C)Br)c(C(C)Br)c1C(C)Br. The van der Waals surface area contributed by atoms with Gasteiger partial charge in [0.2, 0.25) is 0 Å². The Morgan fingerprint density at radius 2 is 0.810 bits per heavy atom. The van der Waals surface area contributed by atoms with Gasteiger partial charge in [-0.05, 0) is 62.4 Å². The van der Waals surface area contributed by atoms with Crippen molar-refractivity contribution in [1.29, 1.82) is 0 Å². The molecule has 1 aromatic rings. The number of hydrogen-bond donors (Lipinski definition) is 0. The van der Waals surface area contributed by atoms with Crippen LogP contribution in [0.3, 0.4) is 0 Å². The molecule has 0 aliphatic rings. The van der Waals surface area contributed by atoms with E-state index >= 15 is 0 Å². The van der Waals surface area contributed by atoms with Crippen molar-refractivity contribution in [2.24, 2.45) is 0 Å². The Bertz CT molecular complexity index is 452. The molecule has 0 fully saturated rings. The van der Waals surface area contributed by atoms with Crippen LogP contribution in [0.4, 0.5) is 0 Å². The van der Waals surface area contributed by atoms with E-state index in [1.165, 1.54) is 27.8 Å². The van der Waals surface area contributed by atoms with E-state index in [0.29, 0.717) is 24.1 Å². The zero-order chi connectivity index (χ0) is 16.5. The molecular formula is C16H21Br5. The van der Waals surface area contributed by atoms with E-state index < -0.39 is 0 Å². The van der Waals surface area contributed by atoms with E-state index in [1.54, 1.807) is 0 Å². The molecule has 1 aromatic carbocycles. The lowest BCUT2D eigenvalue weighted by molar-refractivity contribution is 0.901. The molecule has 0 radical (unpaired) electrons. The van der Waals surface area contributed by atoms with Crippen molar-refractivity contribution in [1.82, 2.24) is 0 Å². The van der Waals surface area contributed by atoms with Gasteiger partial charge in [0, 0.05) is 24.1 Å². The average molecular weight is 613 g/mol. The molecule has 0 aliphatic heterocycles. The quantitative estimate of drug-likeness (QED) is 0.291. The van der Waals surface area contributed by atoms with Gasteiger partial charge >= 0.3 is 0 Å². The van der Waals surface area contributed by atoms with E-state index in [4.69, 9.17) is 0 Å². The number of rotatable bonds is 5. The molecule has 0 aromatic heterocycles. The fourth-order valence-corrected chi connectivity index (χ4v) is 5.03. The predicted octanol–water partition coefficient (Wildman–Crippen LogP) is 8.97. The van der Waals surface area contributed by atoms with Crippen LogP contribution in [0.2, 0.25) is 0 Å². The highest BCUT2D eigenvalue weighted by Crippen LogP contribution is 2.47. The molecule has 0 amide bonds. The van der Waals surface area contributed by atoms with Gasteiger partial charge in [0.15, 0.2) is 0 Å². The molecular weight excluding hydrogens is 592 g/mol. The first-order chi connectivity index (χ1) is 9.59. The molecule has 0 aliphatic carbocycles. The third-order valence-corrected chi connectivity index (χ3v) is 5.92.